The minimum absolute atomic E-state index is 0.243. The topological polar surface area (TPSA) is 86.1 Å². The molecule has 2 heterocycles. The van der Waals surface area contributed by atoms with Gasteiger partial charge in [0, 0.05) is 18.3 Å². The molecule has 7 nitrogen and oxygen atoms in total. The number of anilines is 1. The lowest BCUT2D eigenvalue weighted by molar-refractivity contribution is -0.119. The standard InChI is InChI=1S/C27H28N4O3/c1-16(2)20-13-9-10-17(3)25(20)29-23(32)15-34-27(33)21-14-22(19-11-7-6-8-12-19)28-26-24(21)18(4)30-31(26)5/h6-14,16H,15H2,1-5H3,(H,29,32). The molecule has 0 spiro atoms. The molecule has 4 rings (SSSR count). The van der Waals surface area contributed by atoms with Gasteiger partial charge in [-0.1, -0.05) is 62.4 Å². The van der Waals surface area contributed by atoms with Crippen LogP contribution < -0.4 is 5.32 Å². The summed E-state index contributed by atoms with van der Waals surface area (Å²) in [5.41, 5.74) is 5.85. The number of ether oxygens (including phenoxy) is 1. The van der Waals surface area contributed by atoms with E-state index in [0.717, 1.165) is 22.4 Å². The second-order valence-electron chi connectivity index (χ2n) is 8.65. The number of benzene rings is 2. The van der Waals surface area contributed by atoms with E-state index in [2.05, 4.69) is 24.3 Å². The Morgan fingerprint density at radius 2 is 1.79 bits per heavy atom. The Bertz CT molecular complexity index is 1370. The van der Waals surface area contributed by atoms with Gasteiger partial charge in [0.15, 0.2) is 12.3 Å². The van der Waals surface area contributed by atoms with E-state index in [1.165, 1.54) is 0 Å². The van der Waals surface area contributed by atoms with Crippen molar-refractivity contribution in [2.24, 2.45) is 7.05 Å². The molecule has 0 atom stereocenters. The Morgan fingerprint density at radius 1 is 1.06 bits per heavy atom. The number of nitrogens with zero attached hydrogens (tertiary/aromatic N) is 3. The van der Waals surface area contributed by atoms with Crippen LogP contribution in [0.3, 0.4) is 0 Å². The number of carbonyl (C=O) groups excluding carboxylic acids is 2. The number of pyridine rings is 1. The molecule has 174 valence electrons. The highest BCUT2D eigenvalue weighted by molar-refractivity contribution is 6.06. The van der Waals surface area contributed by atoms with Gasteiger partial charge in [-0.2, -0.15) is 5.10 Å². The molecular weight excluding hydrogens is 428 g/mol. The number of hydrogen-bond donors (Lipinski definition) is 1. The van der Waals surface area contributed by atoms with Gasteiger partial charge in [0.05, 0.1) is 22.3 Å². The van der Waals surface area contributed by atoms with Crippen molar-refractivity contribution in [3.05, 3.63) is 77.0 Å². The number of rotatable bonds is 6. The van der Waals surface area contributed by atoms with Crippen LogP contribution in [0.1, 0.15) is 46.9 Å². The molecule has 0 aliphatic carbocycles. The molecule has 0 aliphatic rings. The molecule has 34 heavy (non-hydrogen) atoms. The minimum atomic E-state index is -0.593. The number of nitrogens with one attached hydrogen (secondary N) is 1. The van der Waals surface area contributed by atoms with Crippen molar-refractivity contribution in [2.75, 3.05) is 11.9 Å². The average Bonchev–Trinajstić information content (AvgIpc) is 3.12. The molecule has 0 bridgehead atoms. The first-order chi connectivity index (χ1) is 16.3. The largest absolute Gasteiger partial charge is 0.452 e. The maximum Gasteiger partial charge on any atom is 0.339 e. The number of carbonyl (C=O) groups is 2. The highest BCUT2D eigenvalue weighted by atomic mass is 16.5. The lowest BCUT2D eigenvalue weighted by atomic mass is 9.98. The van der Waals surface area contributed by atoms with E-state index in [4.69, 9.17) is 9.72 Å². The van der Waals surface area contributed by atoms with Crippen molar-refractivity contribution in [1.29, 1.82) is 0 Å². The van der Waals surface area contributed by atoms with Crippen LogP contribution in [0.2, 0.25) is 0 Å². The van der Waals surface area contributed by atoms with Crippen molar-refractivity contribution >= 4 is 28.6 Å². The van der Waals surface area contributed by atoms with Gasteiger partial charge in [-0.25, -0.2) is 9.78 Å². The van der Waals surface area contributed by atoms with Crippen LogP contribution in [0.4, 0.5) is 5.69 Å². The highest BCUT2D eigenvalue weighted by Gasteiger charge is 2.21. The molecular formula is C27H28N4O3. The number of amides is 1. The van der Waals surface area contributed by atoms with Gasteiger partial charge < -0.3 is 10.1 Å². The highest BCUT2D eigenvalue weighted by Crippen LogP contribution is 2.29. The summed E-state index contributed by atoms with van der Waals surface area (Å²) in [6.07, 6.45) is 0. The molecule has 0 radical (unpaired) electrons. The van der Waals surface area contributed by atoms with Gasteiger partial charge in [-0.05, 0) is 37.0 Å². The molecule has 4 aromatic rings. The fourth-order valence-electron chi connectivity index (χ4n) is 4.09. The van der Waals surface area contributed by atoms with Crippen LogP contribution in [-0.4, -0.2) is 33.2 Å². The molecule has 0 saturated carbocycles. The fraction of sp³-hybridized carbons (Fsp3) is 0.259. The molecule has 1 N–H and O–H groups in total. The summed E-state index contributed by atoms with van der Waals surface area (Å²) in [6, 6.07) is 17.2. The quantitative estimate of drug-likeness (QED) is 0.405. The third-order valence-corrected chi connectivity index (χ3v) is 5.78. The molecule has 1 amide bonds. The van der Waals surface area contributed by atoms with Gasteiger partial charge in [0.2, 0.25) is 0 Å². The van der Waals surface area contributed by atoms with E-state index < -0.39 is 12.6 Å². The minimum Gasteiger partial charge on any atom is -0.452 e. The smallest absolute Gasteiger partial charge is 0.339 e. The van der Waals surface area contributed by atoms with Crippen LogP contribution in [0.5, 0.6) is 0 Å². The van der Waals surface area contributed by atoms with Crippen molar-refractivity contribution in [1.82, 2.24) is 14.8 Å². The fourth-order valence-corrected chi connectivity index (χ4v) is 4.09. The third kappa shape index (κ3) is 4.55. The number of para-hydroxylation sites is 1. The second-order valence-corrected chi connectivity index (χ2v) is 8.65. The van der Waals surface area contributed by atoms with E-state index in [-0.39, 0.29) is 11.8 Å². The summed E-state index contributed by atoms with van der Waals surface area (Å²) in [4.78, 5) is 30.5. The van der Waals surface area contributed by atoms with Gasteiger partial charge in [0.25, 0.3) is 5.91 Å². The van der Waals surface area contributed by atoms with Crippen LogP contribution in [-0.2, 0) is 16.6 Å². The van der Waals surface area contributed by atoms with Gasteiger partial charge >= 0.3 is 5.97 Å². The zero-order valence-corrected chi connectivity index (χ0v) is 20.0. The number of aryl methyl sites for hydroxylation is 3. The third-order valence-electron chi connectivity index (χ3n) is 5.78. The molecule has 0 saturated heterocycles. The normalized spacial score (nSPS) is 11.1. The molecule has 0 fully saturated rings. The van der Waals surface area contributed by atoms with E-state index in [0.29, 0.717) is 28.0 Å². The first-order valence-electron chi connectivity index (χ1n) is 11.2. The predicted octanol–water partition coefficient (Wildman–Crippen LogP) is 5.17. The lowest BCUT2D eigenvalue weighted by Crippen LogP contribution is -2.22. The summed E-state index contributed by atoms with van der Waals surface area (Å²) in [7, 11) is 1.79. The Labute approximate surface area is 198 Å². The SMILES string of the molecule is Cc1cccc(C(C)C)c1NC(=O)COC(=O)c1cc(-c2ccccc2)nc2c1c(C)nn2C. The Balaban J connectivity index is 1.60. The summed E-state index contributed by atoms with van der Waals surface area (Å²) < 4.78 is 7.09. The van der Waals surface area contributed by atoms with Crippen molar-refractivity contribution in [2.45, 2.75) is 33.6 Å². The average molecular weight is 457 g/mol. The van der Waals surface area contributed by atoms with Crippen LogP contribution >= 0.6 is 0 Å². The van der Waals surface area contributed by atoms with Crippen LogP contribution in [0.25, 0.3) is 22.3 Å². The number of hydrogen-bond acceptors (Lipinski definition) is 5. The van der Waals surface area contributed by atoms with Crippen molar-refractivity contribution in [3.63, 3.8) is 0 Å². The van der Waals surface area contributed by atoms with Gasteiger partial charge in [-0.3, -0.25) is 9.48 Å². The van der Waals surface area contributed by atoms with E-state index in [1.54, 1.807) is 17.8 Å². The molecule has 0 aliphatic heterocycles. The first kappa shape index (κ1) is 23.2. The summed E-state index contributed by atoms with van der Waals surface area (Å²) in [6.45, 7) is 7.51. The molecule has 7 heteroatoms. The maximum absolute atomic E-state index is 13.1. The van der Waals surface area contributed by atoms with Crippen molar-refractivity contribution < 1.29 is 14.3 Å². The Kier molecular flexibility index (Phi) is 6.45. The van der Waals surface area contributed by atoms with Crippen LogP contribution in [0.15, 0.2) is 54.6 Å². The summed E-state index contributed by atoms with van der Waals surface area (Å²) in [5.74, 6) is -0.737. The summed E-state index contributed by atoms with van der Waals surface area (Å²) >= 11 is 0. The Morgan fingerprint density at radius 3 is 2.50 bits per heavy atom. The molecule has 0 unspecified atom stereocenters. The first-order valence-corrected chi connectivity index (χ1v) is 11.2. The van der Waals surface area contributed by atoms with Gasteiger partial charge in [0.1, 0.15) is 0 Å². The predicted molar refractivity (Wildman–Crippen MR) is 133 cm³/mol. The lowest BCUT2D eigenvalue weighted by Gasteiger charge is -2.16. The van der Waals surface area contributed by atoms with Gasteiger partial charge in [-0.15, -0.1) is 0 Å². The maximum atomic E-state index is 13.1. The zero-order chi connectivity index (χ0) is 24.4. The van der Waals surface area contributed by atoms with Crippen LogP contribution in [0, 0.1) is 13.8 Å². The second kappa shape index (κ2) is 9.47. The van der Waals surface area contributed by atoms with E-state index in [9.17, 15) is 9.59 Å². The number of esters is 1. The monoisotopic (exact) mass is 456 g/mol. The zero-order valence-electron chi connectivity index (χ0n) is 20.0. The van der Waals surface area contributed by atoms with Crippen molar-refractivity contribution in [3.8, 4) is 11.3 Å². The molecule has 2 aromatic carbocycles. The Hall–Kier alpha value is -4.00. The number of aromatic nitrogens is 3. The van der Waals surface area contributed by atoms with E-state index in [1.807, 2.05) is 62.4 Å². The van der Waals surface area contributed by atoms with E-state index >= 15 is 0 Å². The summed E-state index contributed by atoms with van der Waals surface area (Å²) in [5, 5.41) is 7.95. The molecule has 2 aromatic heterocycles. The number of fused-ring (bicyclic) bond motifs is 1.